The molecule has 4 heteroatoms. The van der Waals surface area contributed by atoms with Crippen molar-refractivity contribution in [3.63, 3.8) is 0 Å². The van der Waals surface area contributed by atoms with E-state index in [2.05, 4.69) is 9.97 Å². The summed E-state index contributed by atoms with van der Waals surface area (Å²) < 4.78 is 13.1. The minimum absolute atomic E-state index is 0.262. The van der Waals surface area contributed by atoms with E-state index in [9.17, 15) is 4.39 Å². The highest BCUT2D eigenvalue weighted by molar-refractivity contribution is 6.28. The maximum Gasteiger partial charge on any atom is 0.200 e. The molecule has 0 saturated carbocycles. The molecule has 0 aliphatic heterocycles. The first kappa shape index (κ1) is 11.1. The molecule has 0 fully saturated rings. The number of imidazole rings is 1. The number of aromatic nitrogens is 2. The van der Waals surface area contributed by atoms with Crippen LogP contribution >= 0.6 is 11.6 Å². The van der Waals surface area contributed by atoms with Gasteiger partial charge in [0.1, 0.15) is 5.82 Å². The lowest BCUT2D eigenvalue weighted by Crippen LogP contribution is -1.91. The average Bonchev–Trinajstić information content (AvgIpc) is 2.60. The largest absolute Gasteiger partial charge is 0.332 e. The van der Waals surface area contributed by atoms with Crippen LogP contribution in [0.2, 0.25) is 5.28 Å². The number of benzene rings is 1. The van der Waals surface area contributed by atoms with Crippen LogP contribution in [0, 0.1) is 5.82 Å². The summed E-state index contributed by atoms with van der Waals surface area (Å²) in [5.74, 6) is -0.00963. The van der Waals surface area contributed by atoms with E-state index in [1.165, 1.54) is 12.1 Å². The Kier molecular flexibility index (Phi) is 2.97. The maximum atomic E-state index is 13.1. The molecular formula is C12H12ClFN2. The molecule has 1 heterocycles. The molecule has 0 radical (unpaired) electrons. The molecule has 0 aliphatic rings. The number of nitrogens with zero attached hydrogens (tertiary/aromatic N) is 1. The number of rotatable bonds is 2. The van der Waals surface area contributed by atoms with Crippen LogP contribution in [0.1, 0.15) is 25.5 Å². The van der Waals surface area contributed by atoms with Crippen molar-refractivity contribution in [3.05, 3.63) is 41.1 Å². The molecule has 16 heavy (non-hydrogen) atoms. The molecule has 0 unspecified atom stereocenters. The molecule has 2 rings (SSSR count). The van der Waals surface area contributed by atoms with E-state index < -0.39 is 0 Å². The van der Waals surface area contributed by atoms with Gasteiger partial charge in [-0.15, -0.1) is 0 Å². The van der Waals surface area contributed by atoms with Gasteiger partial charge in [-0.1, -0.05) is 26.0 Å². The van der Waals surface area contributed by atoms with E-state index in [1.54, 1.807) is 6.07 Å². The Balaban J connectivity index is 2.55. The van der Waals surface area contributed by atoms with Crippen LogP contribution < -0.4 is 0 Å². The minimum Gasteiger partial charge on any atom is -0.332 e. The molecule has 2 nitrogen and oxygen atoms in total. The monoisotopic (exact) mass is 238 g/mol. The van der Waals surface area contributed by atoms with Gasteiger partial charge in [0.25, 0.3) is 0 Å². The van der Waals surface area contributed by atoms with E-state index in [0.29, 0.717) is 5.28 Å². The van der Waals surface area contributed by atoms with E-state index in [1.807, 2.05) is 19.9 Å². The van der Waals surface area contributed by atoms with Crippen molar-refractivity contribution >= 4 is 11.6 Å². The van der Waals surface area contributed by atoms with Gasteiger partial charge in [0.2, 0.25) is 5.28 Å². The van der Waals surface area contributed by atoms with Gasteiger partial charge in [0.15, 0.2) is 0 Å². The lowest BCUT2D eigenvalue weighted by atomic mass is 10.0. The molecule has 1 aromatic carbocycles. The lowest BCUT2D eigenvalue weighted by Gasteiger charge is -2.05. The minimum atomic E-state index is -0.272. The molecule has 0 amide bonds. The summed E-state index contributed by atoms with van der Waals surface area (Å²) in [7, 11) is 0. The summed E-state index contributed by atoms with van der Waals surface area (Å²) in [4.78, 5) is 7.18. The number of nitrogens with one attached hydrogen (secondary N) is 1. The van der Waals surface area contributed by atoms with Crippen molar-refractivity contribution in [1.29, 1.82) is 0 Å². The third-order valence-electron chi connectivity index (χ3n) is 2.38. The van der Waals surface area contributed by atoms with Gasteiger partial charge in [-0.05, 0) is 29.7 Å². The summed E-state index contributed by atoms with van der Waals surface area (Å²) in [5, 5.41) is 0.336. The highest BCUT2D eigenvalue weighted by Gasteiger charge is 2.14. The predicted octanol–water partition coefficient (Wildman–Crippen LogP) is 3.99. The maximum absolute atomic E-state index is 13.1. The van der Waals surface area contributed by atoms with Crippen molar-refractivity contribution in [3.8, 4) is 11.3 Å². The standard InChI is InChI=1S/C12H12ClFN2/c1-7(2)10-11(16-12(13)15-10)8-4-3-5-9(14)6-8/h3-7H,1-2H3,(H,15,16). The Morgan fingerprint density at radius 3 is 2.75 bits per heavy atom. The number of H-pyrrole nitrogens is 1. The molecule has 0 atom stereocenters. The van der Waals surface area contributed by atoms with E-state index in [4.69, 9.17) is 11.6 Å². The topological polar surface area (TPSA) is 28.7 Å². The van der Waals surface area contributed by atoms with Crippen LogP contribution in [0.3, 0.4) is 0 Å². The molecular weight excluding hydrogens is 227 g/mol. The molecule has 0 aliphatic carbocycles. The molecule has 1 N–H and O–H groups in total. The van der Waals surface area contributed by atoms with Gasteiger partial charge in [0, 0.05) is 11.3 Å². The zero-order valence-corrected chi connectivity index (χ0v) is 9.85. The fraction of sp³-hybridized carbons (Fsp3) is 0.250. The SMILES string of the molecule is CC(C)c1[nH]c(Cl)nc1-c1cccc(F)c1. The van der Waals surface area contributed by atoms with Crippen molar-refractivity contribution < 1.29 is 4.39 Å². The third-order valence-corrected chi connectivity index (χ3v) is 2.56. The molecule has 0 saturated heterocycles. The van der Waals surface area contributed by atoms with Crippen molar-refractivity contribution in [2.24, 2.45) is 0 Å². The first-order valence-corrected chi connectivity index (χ1v) is 5.47. The number of halogens is 2. The van der Waals surface area contributed by atoms with Crippen LogP contribution in [-0.4, -0.2) is 9.97 Å². The van der Waals surface area contributed by atoms with Crippen LogP contribution in [0.25, 0.3) is 11.3 Å². The van der Waals surface area contributed by atoms with Gasteiger partial charge in [-0.25, -0.2) is 9.37 Å². The zero-order valence-electron chi connectivity index (χ0n) is 9.09. The predicted molar refractivity (Wildman–Crippen MR) is 63.1 cm³/mol. The fourth-order valence-corrected chi connectivity index (χ4v) is 1.82. The van der Waals surface area contributed by atoms with E-state index in [-0.39, 0.29) is 11.7 Å². The normalized spacial score (nSPS) is 11.1. The number of hydrogen-bond acceptors (Lipinski definition) is 1. The molecule has 84 valence electrons. The Bertz CT molecular complexity index is 505. The van der Waals surface area contributed by atoms with Gasteiger partial charge in [-0.2, -0.15) is 0 Å². The molecule has 0 bridgehead atoms. The van der Waals surface area contributed by atoms with Crippen LogP contribution in [0.5, 0.6) is 0 Å². The zero-order chi connectivity index (χ0) is 11.7. The second-order valence-corrected chi connectivity index (χ2v) is 4.31. The first-order chi connectivity index (χ1) is 7.58. The van der Waals surface area contributed by atoms with Crippen LogP contribution in [-0.2, 0) is 0 Å². The number of hydrogen-bond donors (Lipinski definition) is 1. The van der Waals surface area contributed by atoms with Crippen molar-refractivity contribution in [2.45, 2.75) is 19.8 Å². The fourth-order valence-electron chi connectivity index (χ4n) is 1.63. The molecule has 1 aromatic heterocycles. The van der Waals surface area contributed by atoms with Crippen molar-refractivity contribution in [1.82, 2.24) is 9.97 Å². The Morgan fingerprint density at radius 1 is 1.38 bits per heavy atom. The van der Waals surface area contributed by atoms with Crippen LogP contribution in [0.15, 0.2) is 24.3 Å². The Labute approximate surface area is 98.5 Å². The van der Waals surface area contributed by atoms with Crippen molar-refractivity contribution in [2.75, 3.05) is 0 Å². The van der Waals surface area contributed by atoms with Crippen LogP contribution in [0.4, 0.5) is 4.39 Å². The van der Waals surface area contributed by atoms with Gasteiger partial charge in [-0.3, -0.25) is 0 Å². The Morgan fingerprint density at radius 2 is 2.12 bits per heavy atom. The quantitative estimate of drug-likeness (QED) is 0.842. The summed E-state index contributed by atoms with van der Waals surface area (Å²) >= 11 is 5.84. The highest BCUT2D eigenvalue weighted by Crippen LogP contribution is 2.28. The van der Waals surface area contributed by atoms with Gasteiger partial charge >= 0.3 is 0 Å². The smallest absolute Gasteiger partial charge is 0.200 e. The summed E-state index contributed by atoms with van der Waals surface area (Å²) in [5.41, 5.74) is 2.39. The molecule has 0 spiro atoms. The first-order valence-electron chi connectivity index (χ1n) is 5.09. The van der Waals surface area contributed by atoms with Gasteiger partial charge in [0.05, 0.1) is 5.69 Å². The average molecular weight is 239 g/mol. The second kappa shape index (κ2) is 4.26. The second-order valence-electron chi connectivity index (χ2n) is 3.95. The lowest BCUT2D eigenvalue weighted by molar-refractivity contribution is 0.628. The Hall–Kier alpha value is -1.35. The number of aromatic amines is 1. The molecule has 2 aromatic rings. The summed E-state index contributed by atoms with van der Waals surface area (Å²) in [6.07, 6.45) is 0. The summed E-state index contributed by atoms with van der Waals surface area (Å²) in [6.45, 7) is 4.07. The van der Waals surface area contributed by atoms with Gasteiger partial charge < -0.3 is 4.98 Å². The third kappa shape index (κ3) is 2.09. The van der Waals surface area contributed by atoms with E-state index >= 15 is 0 Å². The van der Waals surface area contributed by atoms with E-state index in [0.717, 1.165) is 17.0 Å². The summed E-state index contributed by atoms with van der Waals surface area (Å²) in [6, 6.07) is 6.35. The highest BCUT2D eigenvalue weighted by atomic mass is 35.5.